The van der Waals surface area contributed by atoms with E-state index in [4.69, 9.17) is 10.2 Å². The Hall–Kier alpha value is -2.54. The topological polar surface area (TPSA) is 95.9 Å². The third-order valence-corrected chi connectivity index (χ3v) is 4.76. The third-order valence-electron chi connectivity index (χ3n) is 4.76. The number of primary amides is 1. The zero-order chi connectivity index (χ0) is 19.1. The second-order valence-corrected chi connectivity index (χ2v) is 6.92. The average molecular weight is 371 g/mol. The van der Waals surface area contributed by atoms with Gasteiger partial charge in [-0.05, 0) is 31.9 Å². The molecule has 7 heteroatoms. The van der Waals surface area contributed by atoms with Gasteiger partial charge in [0.05, 0.1) is 6.54 Å². The second kappa shape index (κ2) is 9.41. The van der Waals surface area contributed by atoms with Crippen molar-refractivity contribution in [2.45, 2.75) is 32.2 Å². The van der Waals surface area contributed by atoms with Crippen LogP contribution in [0.1, 0.15) is 25.5 Å². The fourth-order valence-electron chi connectivity index (χ4n) is 3.41. The smallest absolute Gasteiger partial charge is 0.231 e. The van der Waals surface area contributed by atoms with Crippen LogP contribution in [0.3, 0.4) is 0 Å². The lowest BCUT2D eigenvalue weighted by Crippen LogP contribution is -2.49. The van der Waals surface area contributed by atoms with E-state index in [-0.39, 0.29) is 5.91 Å². The molecule has 0 atom stereocenters. The summed E-state index contributed by atoms with van der Waals surface area (Å²) < 4.78 is 5.85. The normalized spacial score (nSPS) is 16.6. The van der Waals surface area contributed by atoms with Crippen LogP contribution in [0.2, 0.25) is 0 Å². The van der Waals surface area contributed by atoms with Gasteiger partial charge in [0.1, 0.15) is 11.3 Å². The van der Waals surface area contributed by atoms with E-state index in [0.717, 1.165) is 61.6 Å². The first-order valence-electron chi connectivity index (χ1n) is 9.67. The molecule has 2 aromatic rings. The van der Waals surface area contributed by atoms with E-state index in [1.54, 1.807) is 0 Å². The number of fused-ring (bicyclic) bond motifs is 1. The van der Waals surface area contributed by atoms with E-state index < -0.39 is 0 Å². The van der Waals surface area contributed by atoms with E-state index in [0.29, 0.717) is 19.1 Å². The number of nitrogens with two attached hydrogens (primary N) is 1. The summed E-state index contributed by atoms with van der Waals surface area (Å²) >= 11 is 0. The van der Waals surface area contributed by atoms with Gasteiger partial charge in [-0.2, -0.15) is 0 Å². The molecule has 0 bridgehead atoms. The van der Waals surface area contributed by atoms with Crippen molar-refractivity contribution in [2.24, 2.45) is 10.7 Å². The first-order chi connectivity index (χ1) is 13.1. The Labute approximate surface area is 160 Å². The van der Waals surface area contributed by atoms with Crippen molar-refractivity contribution in [3.63, 3.8) is 0 Å². The molecule has 7 nitrogen and oxygen atoms in total. The van der Waals surface area contributed by atoms with Crippen molar-refractivity contribution in [1.29, 1.82) is 0 Å². The zero-order valence-electron chi connectivity index (χ0n) is 15.9. The molecule has 146 valence electrons. The number of furan rings is 1. The van der Waals surface area contributed by atoms with Crippen LogP contribution in [-0.4, -0.2) is 55.5 Å². The molecule has 3 rings (SSSR count). The Bertz CT molecular complexity index is 745. The lowest BCUT2D eigenvalue weighted by molar-refractivity contribution is -0.119. The molecule has 1 saturated heterocycles. The maximum Gasteiger partial charge on any atom is 0.231 e. The summed E-state index contributed by atoms with van der Waals surface area (Å²) in [5, 5.41) is 7.94. The summed E-state index contributed by atoms with van der Waals surface area (Å²) in [7, 11) is 0. The number of para-hydroxylation sites is 1. The van der Waals surface area contributed by atoms with Crippen LogP contribution in [0.25, 0.3) is 11.0 Å². The summed E-state index contributed by atoms with van der Waals surface area (Å²) in [5.41, 5.74) is 6.19. The molecule has 1 amide bonds. The number of carbonyl (C=O) groups excluding carboxylic acids is 1. The number of carbonyl (C=O) groups is 1. The quantitative estimate of drug-likeness (QED) is 0.506. The predicted octanol–water partition coefficient (Wildman–Crippen LogP) is 1.48. The minimum Gasteiger partial charge on any atom is -0.461 e. The van der Waals surface area contributed by atoms with Gasteiger partial charge in [-0.3, -0.25) is 14.7 Å². The molecule has 1 aliphatic heterocycles. The lowest BCUT2D eigenvalue weighted by Gasteiger charge is -2.32. The highest BCUT2D eigenvalue weighted by Gasteiger charge is 2.20. The lowest BCUT2D eigenvalue weighted by atomic mass is 10.1. The molecule has 0 radical (unpaired) electrons. The fourth-order valence-corrected chi connectivity index (χ4v) is 3.41. The summed E-state index contributed by atoms with van der Waals surface area (Å²) in [5.74, 6) is 1.53. The SMILES string of the molecule is CCNC(=NCCc1cc2ccccc2o1)NC1CCN(CC(N)=O)CC1. The van der Waals surface area contributed by atoms with E-state index in [2.05, 4.69) is 39.6 Å². The largest absolute Gasteiger partial charge is 0.461 e. The Morgan fingerprint density at radius 2 is 2.11 bits per heavy atom. The number of rotatable bonds is 7. The van der Waals surface area contributed by atoms with Gasteiger partial charge in [0.25, 0.3) is 0 Å². The van der Waals surface area contributed by atoms with Crippen molar-refractivity contribution in [1.82, 2.24) is 15.5 Å². The number of aliphatic imine (C=N–C) groups is 1. The van der Waals surface area contributed by atoms with E-state index >= 15 is 0 Å². The Balaban J connectivity index is 1.50. The molecule has 2 heterocycles. The van der Waals surface area contributed by atoms with Crippen molar-refractivity contribution >= 4 is 22.8 Å². The van der Waals surface area contributed by atoms with Gasteiger partial charge in [0.15, 0.2) is 5.96 Å². The van der Waals surface area contributed by atoms with Crippen LogP contribution in [0.4, 0.5) is 0 Å². The number of nitrogens with zero attached hydrogens (tertiary/aromatic N) is 2. The van der Waals surface area contributed by atoms with Gasteiger partial charge in [0, 0.05) is 44.0 Å². The molecule has 27 heavy (non-hydrogen) atoms. The van der Waals surface area contributed by atoms with Gasteiger partial charge in [-0.1, -0.05) is 18.2 Å². The molecule has 1 fully saturated rings. The minimum atomic E-state index is -0.262. The van der Waals surface area contributed by atoms with Gasteiger partial charge >= 0.3 is 0 Å². The molecule has 0 unspecified atom stereocenters. The summed E-state index contributed by atoms with van der Waals surface area (Å²) in [6, 6.07) is 10.5. The van der Waals surface area contributed by atoms with Crippen LogP contribution >= 0.6 is 0 Å². The number of hydrogen-bond donors (Lipinski definition) is 3. The van der Waals surface area contributed by atoms with Crippen LogP contribution in [0, 0.1) is 0 Å². The zero-order valence-corrected chi connectivity index (χ0v) is 15.9. The molecular formula is C20H29N5O2. The van der Waals surface area contributed by atoms with E-state index in [1.165, 1.54) is 0 Å². The molecule has 0 spiro atoms. The standard InChI is InChI=1S/C20H29N5O2/c1-2-22-20(24-16-8-11-25(12-9-16)14-19(21)26)23-10-7-17-13-15-5-3-4-6-18(15)27-17/h3-6,13,16H,2,7-12,14H2,1H3,(H2,21,26)(H2,22,23,24). The van der Waals surface area contributed by atoms with Crippen LogP contribution in [-0.2, 0) is 11.2 Å². The van der Waals surface area contributed by atoms with Crippen LogP contribution in [0.15, 0.2) is 39.7 Å². The minimum absolute atomic E-state index is 0.262. The Morgan fingerprint density at radius 3 is 2.81 bits per heavy atom. The number of benzene rings is 1. The maximum atomic E-state index is 11.0. The first-order valence-corrected chi connectivity index (χ1v) is 9.67. The maximum absolute atomic E-state index is 11.0. The third kappa shape index (κ3) is 5.72. The first kappa shape index (κ1) is 19.2. The molecular weight excluding hydrogens is 342 g/mol. The van der Waals surface area contributed by atoms with E-state index in [9.17, 15) is 4.79 Å². The van der Waals surface area contributed by atoms with Gasteiger partial charge in [-0.15, -0.1) is 0 Å². The molecule has 1 aromatic carbocycles. The van der Waals surface area contributed by atoms with Gasteiger partial charge in [0.2, 0.25) is 5.91 Å². The number of likely N-dealkylation sites (tertiary alicyclic amines) is 1. The fraction of sp³-hybridized carbons (Fsp3) is 0.500. The van der Waals surface area contributed by atoms with Gasteiger partial charge in [-0.25, -0.2) is 0 Å². The predicted molar refractivity (Wildman–Crippen MR) is 108 cm³/mol. The summed E-state index contributed by atoms with van der Waals surface area (Å²) in [4.78, 5) is 17.8. The van der Waals surface area contributed by atoms with Crippen LogP contribution < -0.4 is 16.4 Å². The number of piperidine rings is 1. The summed E-state index contributed by atoms with van der Waals surface area (Å²) in [6.07, 6.45) is 2.71. The van der Waals surface area contributed by atoms with Crippen molar-refractivity contribution in [2.75, 3.05) is 32.7 Å². The molecule has 0 aliphatic carbocycles. The van der Waals surface area contributed by atoms with Gasteiger partial charge < -0.3 is 20.8 Å². The molecule has 1 aliphatic rings. The molecule has 4 N–H and O–H groups in total. The van der Waals surface area contributed by atoms with Crippen molar-refractivity contribution < 1.29 is 9.21 Å². The Kier molecular flexibility index (Phi) is 6.70. The van der Waals surface area contributed by atoms with Crippen molar-refractivity contribution in [3.8, 4) is 0 Å². The summed E-state index contributed by atoms with van der Waals surface area (Å²) in [6.45, 7) is 5.63. The van der Waals surface area contributed by atoms with Crippen LogP contribution in [0.5, 0.6) is 0 Å². The monoisotopic (exact) mass is 371 g/mol. The molecule has 0 saturated carbocycles. The second-order valence-electron chi connectivity index (χ2n) is 6.92. The Morgan fingerprint density at radius 1 is 1.33 bits per heavy atom. The van der Waals surface area contributed by atoms with E-state index in [1.807, 2.05) is 18.2 Å². The number of guanidine groups is 1. The number of nitrogens with one attached hydrogen (secondary N) is 2. The highest BCUT2D eigenvalue weighted by atomic mass is 16.3. The highest BCUT2D eigenvalue weighted by molar-refractivity contribution is 5.80. The van der Waals surface area contributed by atoms with Crippen molar-refractivity contribution in [3.05, 3.63) is 36.1 Å². The highest BCUT2D eigenvalue weighted by Crippen LogP contribution is 2.19. The number of amides is 1. The number of hydrogen-bond acceptors (Lipinski definition) is 4. The average Bonchev–Trinajstić information content (AvgIpc) is 3.06. The molecule has 1 aromatic heterocycles.